The fraction of sp³-hybridized carbons (Fsp3) is 0.429. The average molecular weight is 114 g/mol. The molecule has 0 saturated carbocycles. The van der Waals surface area contributed by atoms with Crippen LogP contribution >= 0.6 is 0 Å². The molecule has 0 aromatic heterocycles. The summed E-state index contributed by atoms with van der Waals surface area (Å²) in [4.78, 5) is 0. The minimum absolute atomic E-state index is 0.0666. The van der Waals surface area contributed by atoms with Crippen molar-refractivity contribution in [1.29, 1.82) is 0 Å². The van der Waals surface area contributed by atoms with Crippen LogP contribution in [0.2, 0.25) is 0 Å². The van der Waals surface area contributed by atoms with Gasteiger partial charge in [-0.1, -0.05) is 18.2 Å². The van der Waals surface area contributed by atoms with Crippen molar-refractivity contribution in [2.45, 2.75) is 20.3 Å². The Morgan fingerprint density at radius 2 is 2.12 bits per heavy atom. The van der Waals surface area contributed by atoms with Crippen LogP contribution in [-0.4, -0.2) is 0 Å². The van der Waals surface area contributed by atoms with E-state index in [1.54, 1.807) is 13.0 Å². The number of allylic oxidation sites excluding steroid dienone is 4. The van der Waals surface area contributed by atoms with Crippen molar-refractivity contribution in [2.24, 2.45) is 0 Å². The van der Waals surface area contributed by atoms with E-state index in [0.717, 1.165) is 0 Å². The summed E-state index contributed by atoms with van der Waals surface area (Å²) in [5.74, 6) is -0.0666. The Bertz CT molecular complexity index is 101. The minimum Gasteiger partial charge on any atom is -0.212 e. The molecule has 8 heavy (non-hydrogen) atoms. The van der Waals surface area contributed by atoms with Gasteiger partial charge in [0.1, 0.15) is 0 Å². The van der Waals surface area contributed by atoms with E-state index in [2.05, 4.69) is 0 Å². The largest absolute Gasteiger partial charge is 0.212 e. The molecular formula is C7H11F. The molecular weight excluding hydrogens is 103 g/mol. The highest BCUT2D eigenvalue weighted by Crippen LogP contribution is 2.01. The second-order valence-corrected chi connectivity index (χ2v) is 1.51. The Hall–Kier alpha value is -0.590. The van der Waals surface area contributed by atoms with Crippen molar-refractivity contribution in [1.82, 2.24) is 0 Å². The zero-order valence-corrected chi connectivity index (χ0v) is 5.32. The molecule has 0 nitrogen and oxygen atoms in total. The van der Waals surface area contributed by atoms with Crippen LogP contribution < -0.4 is 0 Å². The molecule has 1 heteroatoms. The Labute approximate surface area is 49.7 Å². The highest BCUT2D eigenvalue weighted by atomic mass is 19.1. The van der Waals surface area contributed by atoms with E-state index in [4.69, 9.17) is 0 Å². The lowest BCUT2D eigenvalue weighted by Gasteiger charge is -1.83. The van der Waals surface area contributed by atoms with E-state index in [-0.39, 0.29) is 5.83 Å². The predicted octanol–water partition coefficient (Wildman–Crippen LogP) is 2.83. The van der Waals surface area contributed by atoms with Crippen molar-refractivity contribution in [3.05, 3.63) is 24.1 Å². The first-order valence-electron chi connectivity index (χ1n) is 2.73. The van der Waals surface area contributed by atoms with Gasteiger partial charge in [-0.2, -0.15) is 0 Å². The van der Waals surface area contributed by atoms with Gasteiger partial charge in [-0.25, -0.2) is 4.39 Å². The van der Waals surface area contributed by atoms with Gasteiger partial charge < -0.3 is 0 Å². The van der Waals surface area contributed by atoms with Crippen LogP contribution in [0.3, 0.4) is 0 Å². The monoisotopic (exact) mass is 114 g/mol. The third kappa shape index (κ3) is 3.59. The molecule has 0 heterocycles. The second kappa shape index (κ2) is 4.57. The predicted molar refractivity (Wildman–Crippen MR) is 34.3 cm³/mol. The highest BCUT2D eigenvalue weighted by Gasteiger charge is 1.83. The summed E-state index contributed by atoms with van der Waals surface area (Å²) in [5, 5.41) is 0. The quantitative estimate of drug-likeness (QED) is 0.484. The van der Waals surface area contributed by atoms with Crippen molar-refractivity contribution in [3.8, 4) is 0 Å². The molecule has 0 aromatic rings. The molecule has 0 spiro atoms. The normalized spacial score (nSPS) is 13.1. The summed E-state index contributed by atoms with van der Waals surface area (Å²) in [5.41, 5.74) is 0. The summed E-state index contributed by atoms with van der Waals surface area (Å²) in [6.07, 6.45) is 5.53. The molecule has 0 amide bonds. The number of halogens is 1. The summed E-state index contributed by atoms with van der Waals surface area (Å²) < 4.78 is 12.1. The zero-order valence-electron chi connectivity index (χ0n) is 5.32. The molecule has 0 atom stereocenters. The molecule has 0 aliphatic carbocycles. The first-order valence-corrected chi connectivity index (χ1v) is 2.73. The summed E-state index contributed by atoms with van der Waals surface area (Å²) in [6, 6.07) is 0. The van der Waals surface area contributed by atoms with Crippen LogP contribution in [0, 0.1) is 0 Å². The first kappa shape index (κ1) is 7.41. The van der Waals surface area contributed by atoms with E-state index in [0.29, 0.717) is 6.42 Å². The average Bonchev–Trinajstić information content (AvgIpc) is 1.83. The third-order valence-corrected chi connectivity index (χ3v) is 0.862. The molecule has 0 radical (unpaired) electrons. The van der Waals surface area contributed by atoms with Gasteiger partial charge in [-0.3, -0.25) is 0 Å². The van der Waals surface area contributed by atoms with Crippen molar-refractivity contribution in [3.63, 3.8) is 0 Å². The molecule has 0 unspecified atom stereocenters. The maximum Gasteiger partial charge on any atom is 0.0994 e. The third-order valence-electron chi connectivity index (χ3n) is 0.862. The van der Waals surface area contributed by atoms with E-state index in [1.807, 2.05) is 13.0 Å². The summed E-state index contributed by atoms with van der Waals surface area (Å²) in [7, 11) is 0. The standard InChI is InChI=1S/C7H11F/c1-3-5-6-7(8)4-2/h3-5H,6H2,1-2H3/b5-3-,7-4+. The molecule has 0 N–H and O–H groups in total. The Morgan fingerprint density at radius 3 is 2.50 bits per heavy atom. The lowest BCUT2D eigenvalue weighted by atomic mass is 10.3. The molecule has 0 aliphatic heterocycles. The maximum absolute atomic E-state index is 12.1. The van der Waals surface area contributed by atoms with E-state index in [1.165, 1.54) is 6.08 Å². The number of hydrogen-bond acceptors (Lipinski definition) is 0. The Morgan fingerprint density at radius 1 is 1.50 bits per heavy atom. The van der Waals surface area contributed by atoms with Crippen LogP contribution in [0.15, 0.2) is 24.1 Å². The van der Waals surface area contributed by atoms with Crippen LogP contribution in [0.5, 0.6) is 0 Å². The zero-order chi connectivity index (χ0) is 6.41. The van der Waals surface area contributed by atoms with Crippen LogP contribution in [0.25, 0.3) is 0 Å². The minimum atomic E-state index is -0.0666. The molecule has 0 aliphatic rings. The molecule has 0 aromatic carbocycles. The van der Waals surface area contributed by atoms with Crippen molar-refractivity contribution in [2.75, 3.05) is 0 Å². The van der Waals surface area contributed by atoms with Gasteiger partial charge in [0.05, 0.1) is 5.83 Å². The Balaban J connectivity index is 3.40. The topological polar surface area (TPSA) is 0 Å². The van der Waals surface area contributed by atoms with Crippen molar-refractivity contribution < 1.29 is 4.39 Å². The van der Waals surface area contributed by atoms with Crippen LogP contribution in [0.1, 0.15) is 20.3 Å². The Kier molecular flexibility index (Phi) is 4.23. The van der Waals surface area contributed by atoms with Gasteiger partial charge in [-0.05, 0) is 13.8 Å². The summed E-state index contributed by atoms with van der Waals surface area (Å²) in [6.45, 7) is 3.57. The molecule has 0 fully saturated rings. The number of rotatable bonds is 2. The van der Waals surface area contributed by atoms with Gasteiger partial charge in [0.25, 0.3) is 0 Å². The lowest BCUT2D eigenvalue weighted by Crippen LogP contribution is -1.65. The highest BCUT2D eigenvalue weighted by molar-refractivity contribution is 4.96. The molecule has 0 bridgehead atoms. The van der Waals surface area contributed by atoms with Gasteiger partial charge in [0, 0.05) is 6.42 Å². The summed E-state index contributed by atoms with van der Waals surface area (Å²) >= 11 is 0. The molecule has 46 valence electrons. The van der Waals surface area contributed by atoms with E-state index in [9.17, 15) is 4.39 Å². The van der Waals surface area contributed by atoms with E-state index < -0.39 is 0 Å². The fourth-order valence-corrected chi connectivity index (χ4v) is 0.348. The second-order valence-electron chi connectivity index (χ2n) is 1.51. The fourth-order valence-electron chi connectivity index (χ4n) is 0.348. The van der Waals surface area contributed by atoms with Crippen LogP contribution in [-0.2, 0) is 0 Å². The first-order chi connectivity index (χ1) is 3.81. The maximum atomic E-state index is 12.1. The van der Waals surface area contributed by atoms with Crippen LogP contribution in [0.4, 0.5) is 4.39 Å². The van der Waals surface area contributed by atoms with Gasteiger partial charge in [-0.15, -0.1) is 0 Å². The molecule has 0 saturated heterocycles. The van der Waals surface area contributed by atoms with Crippen molar-refractivity contribution >= 4 is 0 Å². The van der Waals surface area contributed by atoms with Gasteiger partial charge >= 0.3 is 0 Å². The molecule has 0 rings (SSSR count). The lowest BCUT2D eigenvalue weighted by molar-refractivity contribution is 0.615. The SMILES string of the molecule is C/C=C\C/C(F)=C\C. The number of hydrogen-bond donors (Lipinski definition) is 0. The smallest absolute Gasteiger partial charge is 0.0994 e. The van der Waals surface area contributed by atoms with Gasteiger partial charge in [0.15, 0.2) is 0 Å². The van der Waals surface area contributed by atoms with E-state index >= 15 is 0 Å². The van der Waals surface area contributed by atoms with Gasteiger partial charge in [0.2, 0.25) is 0 Å².